The van der Waals surface area contributed by atoms with Crippen molar-refractivity contribution in [2.45, 2.75) is 51.4 Å². The molecule has 0 radical (unpaired) electrons. The number of fused-ring (bicyclic) bond motifs is 5. The van der Waals surface area contributed by atoms with Crippen molar-refractivity contribution in [1.29, 1.82) is 0 Å². The first-order chi connectivity index (χ1) is 26.2. The van der Waals surface area contributed by atoms with Crippen LogP contribution in [0, 0.1) is 12.8 Å². The van der Waals surface area contributed by atoms with E-state index in [1.165, 1.54) is 81.8 Å². The second-order valence-electron chi connectivity index (χ2n) is 15.1. The third kappa shape index (κ3) is 5.47. The number of hydrogen-bond donors (Lipinski definition) is 0. The van der Waals surface area contributed by atoms with Crippen LogP contribution in [0.3, 0.4) is 0 Å². The van der Waals surface area contributed by atoms with Crippen molar-refractivity contribution in [3.63, 3.8) is 0 Å². The van der Waals surface area contributed by atoms with E-state index in [2.05, 4.69) is 170 Å². The molecule has 10 rings (SSSR count). The van der Waals surface area contributed by atoms with E-state index in [4.69, 9.17) is 4.42 Å². The Bertz CT molecular complexity index is 2650. The summed E-state index contributed by atoms with van der Waals surface area (Å²) in [6.07, 6.45) is 12.6. The van der Waals surface area contributed by atoms with Crippen LogP contribution in [0.15, 0.2) is 156 Å². The van der Waals surface area contributed by atoms with E-state index in [1.54, 1.807) is 0 Å². The molecule has 1 fully saturated rings. The van der Waals surface area contributed by atoms with Gasteiger partial charge in [-0.3, -0.25) is 0 Å². The maximum Gasteiger partial charge on any atom is 0.159 e. The van der Waals surface area contributed by atoms with Gasteiger partial charge in [0.2, 0.25) is 0 Å². The molecule has 0 aliphatic heterocycles. The summed E-state index contributed by atoms with van der Waals surface area (Å²) in [4.78, 5) is 2.44. The summed E-state index contributed by atoms with van der Waals surface area (Å²) in [6, 6.07) is 53.3. The highest BCUT2D eigenvalue weighted by atomic mass is 16.3. The molecule has 0 saturated heterocycles. The first-order valence-electron chi connectivity index (χ1n) is 19.4. The minimum Gasteiger partial charge on any atom is -0.454 e. The Labute approximate surface area is 312 Å². The van der Waals surface area contributed by atoms with Crippen molar-refractivity contribution in [1.82, 2.24) is 0 Å². The normalized spacial score (nSPS) is 16.0. The van der Waals surface area contributed by atoms with Gasteiger partial charge in [0.25, 0.3) is 0 Å². The summed E-state index contributed by atoms with van der Waals surface area (Å²) in [7, 11) is 0. The van der Waals surface area contributed by atoms with Gasteiger partial charge in [-0.1, -0.05) is 147 Å². The van der Waals surface area contributed by atoms with Gasteiger partial charge < -0.3 is 9.32 Å². The molecule has 2 heteroatoms. The van der Waals surface area contributed by atoms with Crippen LogP contribution in [0.25, 0.3) is 61.0 Å². The molecule has 0 spiro atoms. The van der Waals surface area contributed by atoms with Crippen molar-refractivity contribution in [2.75, 3.05) is 4.90 Å². The zero-order valence-electron chi connectivity index (χ0n) is 30.3. The highest BCUT2D eigenvalue weighted by molar-refractivity contribution is 6.11. The second kappa shape index (κ2) is 13.3. The van der Waals surface area contributed by atoms with Crippen LogP contribution >= 0.6 is 0 Å². The monoisotopic (exact) mass is 685 g/mol. The molecule has 2 aliphatic carbocycles. The van der Waals surface area contributed by atoms with Gasteiger partial charge in [0.05, 0.1) is 11.4 Å². The fourth-order valence-electron chi connectivity index (χ4n) is 9.54. The highest BCUT2D eigenvalue weighted by Gasteiger charge is 2.31. The van der Waals surface area contributed by atoms with E-state index >= 15 is 0 Å². The molecule has 0 bridgehead atoms. The molecule has 2 aliphatic rings. The summed E-state index contributed by atoms with van der Waals surface area (Å²) in [5.74, 6) is 1.27. The average molecular weight is 686 g/mol. The number of benzene rings is 7. The zero-order chi connectivity index (χ0) is 35.3. The Morgan fingerprint density at radius 2 is 1.28 bits per heavy atom. The zero-order valence-corrected chi connectivity index (χ0v) is 30.3. The molecule has 1 heterocycles. The van der Waals surface area contributed by atoms with Crippen molar-refractivity contribution in [3.8, 4) is 22.3 Å². The summed E-state index contributed by atoms with van der Waals surface area (Å²) in [6.45, 7) is 2.24. The van der Waals surface area contributed by atoms with Crippen LogP contribution in [0.1, 0.15) is 61.1 Å². The summed E-state index contributed by atoms with van der Waals surface area (Å²) in [5, 5.41) is 4.84. The number of anilines is 3. The number of furan rings is 1. The van der Waals surface area contributed by atoms with Gasteiger partial charge in [0.15, 0.2) is 5.58 Å². The number of nitrogens with zero attached hydrogens (tertiary/aromatic N) is 1. The van der Waals surface area contributed by atoms with Crippen molar-refractivity contribution in [2.24, 2.45) is 5.92 Å². The average Bonchev–Trinajstić information content (AvgIpc) is 3.61. The lowest BCUT2D eigenvalue weighted by Gasteiger charge is -2.35. The van der Waals surface area contributed by atoms with Gasteiger partial charge in [-0.05, 0) is 113 Å². The minimum atomic E-state index is 0.538. The Morgan fingerprint density at radius 1 is 0.566 bits per heavy atom. The summed E-state index contributed by atoms with van der Waals surface area (Å²) >= 11 is 0. The first kappa shape index (κ1) is 31.8. The molecule has 2 nitrogen and oxygen atoms in total. The van der Waals surface area contributed by atoms with Crippen LogP contribution in [-0.2, 0) is 0 Å². The predicted octanol–water partition coefficient (Wildman–Crippen LogP) is 14.9. The number of para-hydroxylation sites is 3. The number of rotatable bonds is 6. The SMILES string of the molecule is Cc1c(-c2ccc(N(c3ccccc3-c3cccc4c3C(C3CCCCC3)CC=C4)c3cccc4c3oc3ccccc34)cc2)ccc2ccccc12. The third-order valence-corrected chi connectivity index (χ3v) is 12.1. The van der Waals surface area contributed by atoms with E-state index in [9.17, 15) is 0 Å². The Kier molecular flexibility index (Phi) is 7.98. The molecule has 0 N–H and O–H groups in total. The van der Waals surface area contributed by atoms with Gasteiger partial charge in [-0.25, -0.2) is 0 Å². The molecular weight excluding hydrogens is 643 g/mol. The minimum absolute atomic E-state index is 0.538. The van der Waals surface area contributed by atoms with E-state index in [1.807, 2.05) is 0 Å². The first-order valence-corrected chi connectivity index (χ1v) is 19.4. The van der Waals surface area contributed by atoms with Crippen LogP contribution in [0.4, 0.5) is 17.1 Å². The van der Waals surface area contributed by atoms with Crippen molar-refractivity contribution >= 4 is 55.8 Å². The van der Waals surface area contributed by atoms with Gasteiger partial charge in [0, 0.05) is 22.0 Å². The molecule has 0 amide bonds. The topological polar surface area (TPSA) is 16.4 Å². The van der Waals surface area contributed by atoms with Crippen LogP contribution in [-0.4, -0.2) is 0 Å². The highest BCUT2D eigenvalue weighted by Crippen LogP contribution is 2.50. The van der Waals surface area contributed by atoms with Crippen LogP contribution in [0.5, 0.6) is 0 Å². The Morgan fingerprint density at radius 3 is 2.17 bits per heavy atom. The van der Waals surface area contributed by atoms with E-state index in [0.29, 0.717) is 5.92 Å². The van der Waals surface area contributed by atoms with Gasteiger partial charge in [0.1, 0.15) is 5.58 Å². The molecule has 1 aromatic heterocycles. The smallest absolute Gasteiger partial charge is 0.159 e. The number of hydrogen-bond acceptors (Lipinski definition) is 2. The van der Waals surface area contributed by atoms with E-state index in [-0.39, 0.29) is 0 Å². The van der Waals surface area contributed by atoms with Crippen molar-refractivity contribution in [3.05, 3.63) is 168 Å². The maximum absolute atomic E-state index is 6.74. The lowest BCUT2D eigenvalue weighted by molar-refractivity contribution is 0.304. The molecule has 1 saturated carbocycles. The largest absolute Gasteiger partial charge is 0.454 e. The molecule has 53 heavy (non-hydrogen) atoms. The third-order valence-electron chi connectivity index (χ3n) is 12.1. The molecular formula is C51H43NO. The Balaban J connectivity index is 1.17. The number of aryl methyl sites for hydroxylation is 1. The van der Waals surface area contributed by atoms with Crippen LogP contribution in [0.2, 0.25) is 0 Å². The molecule has 1 atom stereocenters. The number of allylic oxidation sites excluding steroid dienone is 1. The van der Waals surface area contributed by atoms with Gasteiger partial charge >= 0.3 is 0 Å². The molecule has 1 unspecified atom stereocenters. The molecule has 8 aromatic rings. The predicted molar refractivity (Wildman–Crippen MR) is 224 cm³/mol. The fourth-order valence-corrected chi connectivity index (χ4v) is 9.54. The lowest BCUT2D eigenvalue weighted by Crippen LogP contribution is -2.19. The van der Waals surface area contributed by atoms with Crippen molar-refractivity contribution < 1.29 is 4.42 Å². The van der Waals surface area contributed by atoms with Gasteiger partial charge in [-0.15, -0.1) is 0 Å². The van der Waals surface area contributed by atoms with Crippen LogP contribution < -0.4 is 4.90 Å². The summed E-state index contributed by atoms with van der Waals surface area (Å²) < 4.78 is 6.74. The molecule has 7 aromatic carbocycles. The van der Waals surface area contributed by atoms with Gasteiger partial charge in [-0.2, -0.15) is 0 Å². The lowest BCUT2D eigenvalue weighted by atomic mass is 9.70. The standard InChI is InChI=1S/C51H43NO/c1-34-40-19-6-5-16-36(40)30-33-41(34)37-28-31-39(32-29-37)52(48-26-13-24-46-44-21-8-10-27-49(44)53-51(46)48)47-25-9-7-20-43(47)45-23-12-18-38-17-11-22-42(50(38)45)35-14-3-2-4-15-35/h5-13,16-21,23-33,35,42H,2-4,14-15,22H2,1H3. The maximum atomic E-state index is 6.74. The van der Waals surface area contributed by atoms with E-state index in [0.717, 1.165) is 51.3 Å². The quantitative estimate of drug-likeness (QED) is 0.173. The fraction of sp³-hybridized carbons (Fsp3) is 0.176. The second-order valence-corrected chi connectivity index (χ2v) is 15.1. The van der Waals surface area contributed by atoms with E-state index < -0.39 is 0 Å². The molecule has 258 valence electrons. The Hall–Kier alpha value is -5.86. The summed E-state index contributed by atoms with van der Waals surface area (Å²) in [5.41, 5.74) is 14.4.